The number of carbonyl (C=O) groups is 2. The number of halogens is 1. The Kier molecular flexibility index (Phi) is 8.51. The highest BCUT2D eigenvalue weighted by molar-refractivity contribution is 7.99. The van der Waals surface area contributed by atoms with E-state index in [1.165, 1.54) is 23.9 Å². The highest BCUT2D eigenvalue weighted by Gasteiger charge is 2.25. The first kappa shape index (κ1) is 22.0. The predicted molar refractivity (Wildman–Crippen MR) is 112 cm³/mol. The fraction of sp³-hybridized carbons (Fsp3) is 0.364. The van der Waals surface area contributed by atoms with E-state index < -0.39 is 6.04 Å². The van der Waals surface area contributed by atoms with Crippen molar-refractivity contribution in [2.24, 2.45) is 0 Å². The molecule has 0 bridgehead atoms. The number of benzene rings is 2. The second-order valence-electron chi connectivity index (χ2n) is 6.70. The van der Waals surface area contributed by atoms with E-state index in [4.69, 9.17) is 0 Å². The summed E-state index contributed by atoms with van der Waals surface area (Å²) in [7, 11) is 0. The molecule has 0 aromatic heterocycles. The lowest BCUT2D eigenvalue weighted by molar-refractivity contribution is -0.138. The van der Waals surface area contributed by atoms with Crippen molar-refractivity contribution in [2.45, 2.75) is 39.1 Å². The molecule has 28 heavy (non-hydrogen) atoms. The molecule has 2 aromatic carbocycles. The third-order valence-electron chi connectivity index (χ3n) is 4.40. The van der Waals surface area contributed by atoms with Crippen LogP contribution in [0.5, 0.6) is 0 Å². The van der Waals surface area contributed by atoms with Crippen molar-refractivity contribution in [1.82, 2.24) is 10.2 Å². The minimum atomic E-state index is -0.555. The van der Waals surface area contributed by atoms with Gasteiger partial charge in [-0.15, -0.1) is 11.8 Å². The van der Waals surface area contributed by atoms with Crippen LogP contribution < -0.4 is 5.32 Å². The van der Waals surface area contributed by atoms with Crippen molar-refractivity contribution in [3.8, 4) is 0 Å². The van der Waals surface area contributed by atoms with Crippen LogP contribution in [0, 0.1) is 12.7 Å². The number of carbonyl (C=O) groups excluding carboxylic acids is 2. The number of hydrogen-bond donors (Lipinski definition) is 1. The van der Waals surface area contributed by atoms with Crippen molar-refractivity contribution >= 4 is 23.6 Å². The first-order chi connectivity index (χ1) is 13.4. The van der Waals surface area contributed by atoms with Gasteiger partial charge in [0.1, 0.15) is 11.9 Å². The van der Waals surface area contributed by atoms with Crippen LogP contribution in [0.1, 0.15) is 30.5 Å². The summed E-state index contributed by atoms with van der Waals surface area (Å²) in [6.45, 7) is 6.52. The maximum atomic E-state index is 13.0. The van der Waals surface area contributed by atoms with E-state index in [-0.39, 0.29) is 23.4 Å². The lowest BCUT2D eigenvalue weighted by Gasteiger charge is -2.28. The Balaban J connectivity index is 2.03. The maximum absolute atomic E-state index is 13.0. The van der Waals surface area contributed by atoms with Crippen molar-refractivity contribution in [3.63, 3.8) is 0 Å². The van der Waals surface area contributed by atoms with Crippen LogP contribution in [-0.2, 0) is 21.9 Å². The van der Waals surface area contributed by atoms with E-state index >= 15 is 0 Å². The zero-order chi connectivity index (χ0) is 20.5. The smallest absolute Gasteiger partial charge is 0.242 e. The Morgan fingerprint density at radius 2 is 1.68 bits per heavy atom. The summed E-state index contributed by atoms with van der Waals surface area (Å²) < 4.78 is 13.0. The molecule has 6 heteroatoms. The predicted octanol–water partition coefficient (Wildman–Crippen LogP) is 3.92. The highest BCUT2D eigenvalue weighted by atomic mass is 32.2. The third-order valence-corrected chi connectivity index (χ3v) is 5.39. The second kappa shape index (κ2) is 10.9. The molecule has 2 rings (SSSR count). The van der Waals surface area contributed by atoms with Gasteiger partial charge in [-0.25, -0.2) is 4.39 Å². The number of amides is 2. The molecular formula is C22H27FN2O2S. The molecule has 0 aliphatic heterocycles. The van der Waals surface area contributed by atoms with Gasteiger partial charge in [-0.3, -0.25) is 9.59 Å². The van der Waals surface area contributed by atoms with Crippen molar-refractivity contribution in [2.75, 3.05) is 12.3 Å². The molecule has 0 saturated heterocycles. The summed E-state index contributed by atoms with van der Waals surface area (Å²) >= 11 is 1.46. The standard InChI is InChI=1S/C22H27FN2O2S/c1-4-24-22(27)17(3)25(13-18-7-5-16(2)6-8-18)21(26)15-28-14-19-9-11-20(23)12-10-19/h5-12,17H,4,13-15H2,1-3H3,(H,24,27)/t17-/m1/s1. The van der Waals surface area contributed by atoms with Gasteiger partial charge in [0.15, 0.2) is 0 Å². The minimum absolute atomic E-state index is 0.0913. The number of aryl methyl sites for hydroxylation is 1. The van der Waals surface area contributed by atoms with Gasteiger partial charge in [0, 0.05) is 18.8 Å². The number of nitrogens with one attached hydrogen (secondary N) is 1. The SMILES string of the molecule is CCNC(=O)[C@@H](C)N(Cc1ccc(C)cc1)C(=O)CSCc1ccc(F)cc1. The molecule has 1 N–H and O–H groups in total. The molecule has 1 atom stereocenters. The summed E-state index contributed by atoms with van der Waals surface area (Å²) in [5.41, 5.74) is 3.09. The minimum Gasteiger partial charge on any atom is -0.355 e. The lowest BCUT2D eigenvalue weighted by atomic mass is 10.1. The normalized spacial score (nSPS) is 11.7. The number of likely N-dealkylation sites (N-methyl/N-ethyl adjacent to an activating group) is 1. The van der Waals surface area contributed by atoms with Crippen LogP contribution in [0.4, 0.5) is 4.39 Å². The highest BCUT2D eigenvalue weighted by Crippen LogP contribution is 2.16. The molecule has 0 radical (unpaired) electrons. The summed E-state index contributed by atoms with van der Waals surface area (Å²) in [5.74, 6) is 0.343. The van der Waals surface area contributed by atoms with Crippen molar-refractivity contribution in [1.29, 1.82) is 0 Å². The Labute approximate surface area is 170 Å². The molecule has 2 aromatic rings. The average molecular weight is 403 g/mol. The van der Waals surface area contributed by atoms with Crippen molar-refractivity contribution in [3.05, 3.63) is 71.0 Å². The van der Waals surface area contributed by atoms with Gasteiger partial charge in [-0.1, -0.05) is 42.0 Å². The largest absolute Gasteiger partial charge is 0.355 e. The van der Waals surface area contributed by atoms with E-state index in [1.54, 1.807) is 24.0 Å². The zero-order valence-corrected chi connectivity index (χ0v) is 17.4. The van der Waals surface area contributed by atoms with E-state index in [1.807, 2.05) is 38.1 Å². The number of thioether (sulfide) groups is 1. The van der Waals surface area contributed by atoms with Crippen LogP contribution in [0.15, 0.2) is 48.5 Å². The third kappa shape index (κ3) is 6.68. The fourth-order valence-corrected chi connectivity index (χ4v) is 3.59. The Bertz CT molecular complexity index is 778. The maximum Gasteiger partial charge on any atom is 0.242 e. The summed E-state index contributed by atoms with van der Waals surface area (Å²) in [6, 6.07) is 13.7. The molecule has 150 valence electrons. The van der Waals surface area contributed by atoms with Crippen LogP contribution in [0.2, 0.25) is 0 Å². The van der Waals surface area contributed by atoms with Gasteiger partial charge in [0.2, 0.25) is 11.8 Å². The fourth-order valence-electron chi connectivity index (χ4n) is 2.71. The molecule has 0 aliphatic rings. The van der Waals surface area contributed by atoms with Crippen LogP contribution in [0.25, 0.3) is 0 Å². The average Bonchev–Trinajstić information content (AvgIpc) is 2.68. The molecule has 0 saturated carbocycles. The zero-order valence-electron chi connectivity index (χ0n) is 16.6. The summed E-state index contributed by atoms with van der Waals surface area (Å²) in [4.78, 5) is 26.8. The molecule has 0 heterocycles. The first-order valence-corrected chi connectivity index (χ1v) is 10.5. The topological polar surface area (TPSA) is 49.4 Å². The Hall–Kier alpha value is -2.34. The van der Waals surface area contributed by atoms with E-state index in [9.17, 15) is 14.0 Å². The first-order valence-electron chi connectivity index (χ1n) is 9.35. The van der Waals surface area contributed by atoms with Gasteiger partial charge >= 0.3 is 0 Å². The van der Waals surface area contributed by atoms with Gasteiger partial charge in [-0.2, -0.15) is 0 Å². The number of nitrogens with zero attached hydrogens (tertiary/aromatic N) is 1. The van der Waals surface area contributed by atoms with E-state index in [0.717, 1.165) is 16.7 Å². The van der Waals surface area contributed by atoms with E-state index in [0.29, 0.717) is 18.8 Å². The Morgan fingerprint density at radius 3 is 2.29 bits per heavy atom. The molecule has 4 nitrogen and oxygen atoms in total. The molecule has 0 aliphatic carbocycles. The van der Waals surface area contributed by atoms with Gasteiger partial charge in [-0.05, 0) is 44.0 Å². The van der Waals surface area contributed by atoms with Crippen molar-refractivity contribution < 1.29 is 14.0 Å². The van der Waals surface area contributed by atoms with E-state index in [2.05, 4.69) is 5.32 Å². The summed E-state index contributed by atoms with van der Waals surface area (Å²) in [6.07, 6.45) is 0. The Morgan fingerprint density at radius 1 is 1.07 bits per heavy atom. The number of rotatable bonds is 9. The molecule has 0 fully saturated rings. The van der Waals surface area contributed by atoms with Gasteiger partial charge in [0.05, 0.1) is 5.75 Å². The quantitative estimate of drug-likeness (QED) is 0.692. The number of hydrogen-bond acceptors (Lipinski definition) is 3. The van der Waals surface area contributed by atoms with Gasteiger partial charge < -0.3 is 10.2 Å². The lowest BCUT2D eigenvalue weighted by Crippen LogP contribution is -2.48. The molecule has 0 unspecified atom stereocenters. The molecule has 2 amide bonds. The van der Waals surface area contributed by atoms with Crippen LogP contribution >= 0.6 is 11.8 Å². The molecule has 0 spiro atoms. The summed E-state index contributed by atoms with van der Waals surface area (Å²) in [5, 5.41) is 2.79. The van der Waals surface area contributed by atoms with Crippen LogP contribution in [-0.4, -0.2) is 35.1 Å². The van der Waals surface area contributed by atoms with Gasteiger partial charge in [0.25, 0.3) is 0 Å². The molecular weight excluding hydrogens is 375 g/mol. The van der Waals surface area contributed by atoms with Crippen LogP contribution in [0.3, 0.4) is 0 Å². The second-order valence-corrected chi connectivity index (χ2v) is 7.68. The monoisotopic (exact) mass is 402 g/mol.